The van der Waals surface area contributed by atoms with Gasteiger partial charge in [-0.3, -0.25) is 9.79 Å². The number of piperidine rings is 1. The van der Waals surface area contributed by atoms with Crippen molar-refractivity contribution in [2.75, 3.05) is 52.3 Å². The number of esters is 1. The fourth-order valence-electron chi connectivity index (χ4n) is 3.22. The fraction of sp³-hybridized carbons (Fsp3) is 0.579. The number of guanidine groups is 1. The number of benzene rings is 1. The molecule has 1 N–H and O–H groups in total. The zero-order valence-corrected chi connectivity index (χ0v) is 18.6. The highest BCUT2D eigenvalue weighted by molar-refractivity contribution is 14.0. The molecule has 6 nitrogen and oxygen atoms in total. The van der Waals surface area contributed by atoms with E-state index in [-0.39, 0.29) is 41.7 Å². The van der Waals surface area contributed by atoms with Crippen molar-refractivity contribution >= 4 is 41.6 Å². The monoisotopic (exact) mass is 492 g/mol. The van der Waals surface area contributed by atoms with E-state index in [2.05, 4.69) is 15.2 Å². The topological polar surface area (TPSA) is 57.2 Å². The van der Waals surface area contributed by atoms with Crippen molar-refractivity contribution in [2.45, 2.75) is 19.3 Å². The van der Waals surface area contributed by atoms with Gasteiger partial charge in [-0.2, -0.15) is 0 Å². The van der Waals surface area contributed by atoms with Gasteiger partial charge in [0.25, 0.3) is 0 Å². The molecule has 0 atom stereocenters. The molecule has 1 aromatic carbocycles. The summed E-state index contributed by atoms with van der Waals surface area (Å²) >= 11 is 0. The molecule has 1 heterocycles. The number of methoxy groups -OCH3 is 1. The van der Waals surface area contributed by atoms with Crippen LogP contribution in [0.15, 0.2) is 29.3 Å². The summed E-state index contributed by atoms with van der Waals surface area (Å²) in [5, 5.41) is 3.36. The van der Waals surface area contributed by atoms with Crippen LogP contribution in [0.1, 0.15) is 19.3 Å². The van der Waals surface area contributed by atoms with E-state index in [9.17, 15) is 9.18 Å². The number of halogens is 2. The molecule has 2 rings (SSSR count). The first-order valence-electron chi connectivity index (χ1n) is 9.06. The van der Waals surface area contributed by atoms with Crippen molar-refractivity contribution in [2.24, 2.45) is 10.9 Å². The minimum Gasteiger partial charge on any atom is -0.469 e. The highest BCUT2D eigenvalue weighted by Crippen LogP contribution is 2.19. The zero-order valence-electron chi connectivity index (χ0n) is 16.3. The van der Waals surface area contributed by atoms with Crippen molar-refractivity contribution in [1.82, 2.24) is 10.2 Å². The van der Waals surface area contributed by atoms with Crippen LogP contribution in [-0.4, -0.2) is 64.2 Å². The van der Waals surface area contributed by atoms with E-state index in [1.54, 1.807) is 19.2 Å². The summed E-state index contributed by atoms with van der Waals surface area (Å²) in [5.41, 5.74) is 0.613. The van der Waals surface area contributed by atoms with E-state index in [1.807, 2.05) is 18.0 Å². The van der Waals surface area contributed by atoms with E-state index < -0.39 is 0 Å². The van der Waals surface area contributed by atoms with Crippen LogP contribution in [0.3, 0.4) is 0 Å². The molecular weight excluding hydrogens is 462 g/mol. The van der Waals surface area contributed by atoms with Crippen molar-refractivity contribution in [3.63, 3.8) is 0 Å². The lowest BCUT2D eigenvalue weighted by Crippen LogP contribution is -2.47. The van der Waals surface area contributed by atoms with E-state index in [0.717, 1.165) is 51.4 Å². The number of hydrogen-bond acceptors (Lipinski definition) is 4. The van der Waals surface area contributed by atoms with Crippen molar-refractivity contribution in [3.05, 3.63) is 30.1 Å². The Morgan fingerprint density at radius 1 is 1.37 bits per heavy atom. The third-order valence-electron chi connectivity index (χ3n) is 4.76. The number of carbonyl (C=O) groups excluding carboxylic acids is 1. The Kier molecular flexibility index (Phi) is 10.4. The highest BCUT2D eigenvalue weighted by Gasteiger charge is 2.26. The van der Waals surface area contributed by atoms with E-state index >= 15 is 0 Å². The molecular formula is C19H30FIN4O2. The second kappa shape index (κ2) is 12.0. The van der Waals surface area contributed by atoms with Gasteiger partial charge in [-0.25, -0.2) is 4.39 Å². The van der Waals surface area contributed by atoms with Gasteiger partial charge >= 0.3 is 5.97 Å². The summed E-state index contributed by atoms with van der Waals surface area (Å²) in [6.45, 7) is 3.07. The van der Waals surface area contributed by atoms with Gasteiger partial charge in [-0.15, -0.1) is 24.0 Å². The van der Waals surface area contributed by atoms with Crippen LogP contribution in [0.5, 0.6) is 0 Å². The second-order valence-electron chi connectivity index (χ2n) is 6.48. The van der Waals surface area contributed by atoms with Crippen molar-refractivity contribution < 1.29 is 13.9 Å². The van der Waals surface area contributed by atoms with Crippen LogP contribution in [0.25, 0.3) is 0 Å². The number of ether oxygens (including phenoxy) is 1. The number of para-hydroxylation sites is 1. The maximum absolute atomic E-state index is 13.8. The summed E-state index contributed by atoms with van der Waals surface area (Å²) < 4.78 is 18.6. The lowest BCUT2D eigenvalue weighted by Gasteiger charge is -2.33. The van der Waals surface area contributed by atoms with Crippen LogP contribution in [0.2, 0.25) is 0 Å². The quantitative estimate of drug-likeness (QED) is 0.218. The summed E-state index contributed by atoms with van der Waals surface area (Å²) in [4.78, 5) is 20.0. The summed E-state index contributed by atoms with van der Waals surface area (Å²) in [6, 6.07) is 6.80. The maximum atomic E-state index is 13.8. The molecule has 0 radical (unpaired) electrons. The van der Waals surface area contributed by atoms with Crippen LogP contribution in [0.4, 0.5) is 10.1 Å². The van der Waals surface area contributed by atoms with Crippen LogP contribution < -0.4 is 10.2 Å². The van der Waals surface area contributed by atoms with Crippen LogP contribution in [-0.2, 0) is 9.53 Å². The van der Waals surface area contributed by atoms with E-state index in [0.29, 0.717) is 5.69 Å². The molecule has 8 heteroatoms. The van der Waals surface area contributed by atoms with Crippen molar-refractivity contribution in [1.29, 1.82) is 0 Å². The van der Waals surface area contributed by atoms with E-state index in [1.165, 1.54) is 13.2 Å². The first-order chi connectivity index (χ1) is 12.6. The van der Waals surface area contributed by atoms with Gasteiger partial charge in [-0.1, -0.05) is 12.1 Å². The first-order valence-corrected chi connectivity index (χ1v) is 9.06. The average molecular weight is 492 g/mol. The second-order valence-corrected chi connectivity index (χ2v) is 6.48. The molecule has 152 valence electrons. The Bertz CT molecular complexity index is 621. The first kappa shape index (κ1) is 23.5. The predicted octanol–water partition coefficient (Wildman–Crippen LogP) is 2.73. The molecule has 27 heavy (non-hydrogen) atoms. The molecule has 0 aliphatic carbocycles. The standard InChI is InChI=1S/C19H29FN4O2.HI/c1-21-19(24-13-9-15(10-14-24)18(25)26-3)22-11-6-12-23(2)17-8-5-4-7-16(17)20;/h4-5,7-8,15H,6,9-14H2,1-3H3,(H,21,22);1H. The third kappa shape index (κ3) is 6.82. The SMILES string of the molecule is CN=C(NCCCN(C)c1ccccc1F)N1CCC(C(=O)OC)CC1.I. The Hall–Kier alpha value is -1.58. The number of anilines is 1. The molecule has 1 fully saturated rings. The maximum Gasteiger partial charge on any atom is 0.308 e. The smallest absolute Gasteiger partial charge is 0.308 e. The normalized spacial score (nSPS) is 15.1. The number of nitrogens with zero attached hydrogens (tertiary/aromatic N) is 3. The largest absolute Gasteiger partial charge is 0.469 e. The molecule has 1 aliphatic rings. The number of nitrogens with one attached hydrogen (secondary N) is 1. The number of likely N-dealkylation sites (tertiary alicyclic amines) is 1. The number of carbonyl (C=O) groups is 1. The molecule has 0 unspecified atom stereocenters. The molecule has 1 aromatic rings. The summed E-state index contributed by atoms with van der Waals surface area (Å²) in [5.74, 6) is 0.515. The number of hydrogen-bond donors (Lipinski definition) is 1. The Morgan fingerprint density at radius 2 is 2.04 bits per heavy atom. The molecule has 0 saturated carbocycles. The van der Waals surface area contributed by atoms with Gasteiger partial charge in [0.05, 0.1) is 18.7 Å². The van der Waals surface area contributed by atoms with Crippen LogP contribution >= 0.6 is 24.0 Å². The average Bonchev–Trinajstić information content (AvgIpc) is 2.68. The van der Waals surface area contributed by atoms with Gasteiger partial charge < -0.3 is 19.9 Å². The van der Waals surface area contributed by atoms with Crippen LogP contribution in [0, 0.1) is 11.7 Å². The van der Waals surface area contributed by atoms with Gasteiger partial charge in [0.1, 0.15) is 5.82 Å². The summed E-state index contributed by atoms with van der Waals surface area (Å²) in [6.07, 6.45) is 2.43. The minimum absolute atomic E-state index is 0. The molecule has 0 amide bonds. The Morgan fingerprint density at radius 3 is 2.63 bits per heavy atom. The van der Waals surface area contributed by atoms with Gasteiger partial charge in [0.15, 0.2) is 5.96 Å². The lowest BCUT2D eigenvalue weighted by atomic mass is 9.97. The lowest BCUT2D eigenvalue weighted by molar-refractivity contribution is -0.146. The fourth-order valence-corrected chi connectivity index (χ4v) is 3.22. The number of aliphatic imine (C=N–C) groups is 1. The van der Waals surface area contributed by atoms with Gasteiger partial charge in [0, 0.05) is 40.3 Å². The summed E-state index contributed by atoms with van der Waals surface area (Å²) in [7, 11) is 5.10. The zero-order chi connectivity index (χ0) is 18.9. The molecule has 1 saturated heterocycles. The number of rotatable bonds is 6. The highest BCUT2D eigenvalue weighted by atomic mass is 127. The molecule has 0 bridgehead atoms. The molecule has 0 aromatic heterocycles. The Balaban J connectivity index is 0.00000364. The third-order valence-corrected chi connectivity index (χ3v) is 4.76. The molecule has 1 aliphatic heterocycles. The van der Waals surface area contributed by atoms with Gasteiger partial charge in [0.2, 0.25) is 0 Å². The Labute approximate surface area is 178 Å². The van der Waals surface area contributed by atoms with E-state index in [4.69, 9.17) is 4.74 Å². The van der Waals surface area contributed by atoms with Crippen molar-refractivity contribution in [3.8, 4) is 0 Å². The minimum atomic E-state index is -0.202. The molecule has 0 spiro atoms. The predicted molar refractivity (Wildman–Crippen MR) is 117 cm³/mol. The van der Waals surface area contributed by atoms with Gasteiger partial charge in [-0.05, 0) is 31.4 Å².